The molecule has 1 aromatic carbocycles. The zero-order valence-corrected chi connectivity index (χ0v) is 16.6. The van der Waals surface area contributed by atoms with E-state index in [4.69, 9.17) is 9.97 Å². The average Bonchev–Trinajstić information content (AvgIpc) is 3.14. The number of aromatic nitrogens is 3. The van der Waals surface area contributed by atoms with E-state index < -0.39 is 5.82 Å². The van der Waals surface area contributed by atoms with Gasteiger partial charge in [0, 0.05) is 36.5 Å². The quantitative estimate of drug-likeness (QED) is 0.663. The van der Waals surface area contributed by atoms with E-state index in [1.165, 1.54) is 12.3 Å². The first-order valence-corrected chi connectivity index (χ1v) is 9.81. The maximum absolute atomic E-state index is 13.7. The predicted octanol–water partition coefficient (Wildman–Crippen LogP) is 3.81. The first-order chi connectivity index (χ1) is 14.0. The Hall–Kier alpha value is -3.22. The largest absolute Gasteiger partial charge is 0.508 e. The molecule has 1 aliphatic heterocycles. The summed E-state index contributed by atoms with van der Waals surface area (Å²) in [6, 6.07) is 8.91. The number of fused-ring (bicyclic) bond motifs is 1. The van der Waals surface area contributed by atoms with Gasteiger partial charge in [0.1, 0.15) is 23.2 Å². The molecule has 0 amide bonds. The van der Waals surface area contributed by atoms with Gasteiger partial charge < -0.3 is 15.3 Å². The summed E-state index contributed by atoms with van der Waals surface area (Å²) in [6.45, 7) is 5.85. The molecule has 0 spiro atoms. The Morgan fingerprint density at radius 3 is 2.69 bits per heavy atom. The zero-order valence-electron chi connectivity index (χ0n) is 16.6. The lowest BCUT2D eigenvalue weighted by molar-refractivity contribution is 0.475. The summed E-state index contributed by atoms with van der Waals surface area (Å²) in [5.74, 6) is 2.01. The number of hydrogen-bond donors (Lipinski definition) is 2. The molecule has 150 valence electrons. The SMILES string of the molecule is CC(C)N1CCc2c(NCCc3ccc(O)cc3)nc(-c3cncc(F)c3)nc21. The molecule has 3 aromatic rings. The molecule has 2 N–H and O–H groups in total. The maximum Gasteiger partial charge on any atom is 0.165 e. The molecule has 0 saturated carbocycles. The summed E-state index contributed by atoms with van der Waals surface area (Å²) in [6.07, 6.45) is 4.42. The molecule has 0 bridgehead atoms. The second-order valence-corrected chi connectivity index (χ2v) is 7.47. The van der Waals surface area contributed by atoms with Crippen LogP contribution in [-0.4, -0.2) is 39.2 Å². The molecule has 0 radical (unpaired) electrons. The van der Waals surface area contributed by atoms with E-state index in [1.54, 1.807) is 18.3 Å². The van der Waals surface area contributed by atoms with Crippen molar-refractivity contribution < 1.29 is 9.50 Å². The number of aromatic hydroxyl groups is 1. The molecule has 6 nitrogen and oxygen atoms in total. The number of halogens is 1. The highest BCUT2D eigenvalue weighted by molar-refractivity contribution is 5.68. The fraction of sp³-hybridized carbons (Fsp3) is 0.318. The fourth-order valence-electron chi connectivity index (χ4n) is 3.58. The van der Waals surface area contributed by atoms with Crippen LogP contribution in [-0.2, 0) is 12.8 Å². The third-order valence-electron chi connectivity index (χ3n) is 5.09. The van der Waals surface area contributed by atoms with Crippen LogP contribution >= 0.6 is 0 Å². The highest BCUT2D eigenvalue weighted by atomic mass is 19.1. The topological polar surface area (TPSA) is 74.2 Å². The molecule has 3 heterocycles. The lowest BCUT2D eigenvalue weighted by Gasteiger charge is -2.23. The van der Waals surface area contributed by atoms with E-state index in [2.05, 4.69) is 29.0 Å². The van der Waals surface area contributed by atoms with E-state index in [-0.39, 0.29) is 5.75 Å². The van der Waals surface area contributed by atoms with Crippen molar-refractivity contribution in [1.82, 2.24) is 15.0 Å². The third-order valence-corrected chi connectivity index (χ3v) is 5.09. The second kappa shape index (κ2) is 8.03. The van der Waals surface area contributed by atoms with Crippen LogP contribution in [0.4, 0.5) is 16.0 Å². The molecule has 0 atom stereocenters. The van der Waals surface area contributed by atoms with Crippen molar-refractivity contribution in [3.63, 3.8) is 0 Å². The van der Waals surface area contributed by atoms with Gasteiger partial charge in [-0.1, -0.05) is 12.1 Å². The van der Waals surface area contributed by atoms with Crippen molar-refractivity contribution in [1.29, 1.82) is 0 Å². The van der Waals surface area contributed by atoms with Crippen molar-refractivity contribution >= 4 is 11.6 Å². The number of hydrogen-bond acceptors (Lipinski definition) is 6. The third kappa shape index (κ3) is 4.13. The Labute approximate surface area is 169 Å². The monoisotopic (exact) mass is 393 g/mol. The number of rotatable bonds is 6. The van der Waals surface area contributed by atoms with Gasteiger partial charge in [0.2, 0.25) is 0 Å². The van der Waals surface area contributed by atoms with Crippen molar-refractivity contribution in [2.24, 2.45) is 0 Å². The summed E-state index contributed by atoms with van der Waals surface area (Å²) >= 11 is 0. The standard InChI is InChI=1S/C22H24FN5O/c1-14(2)28-10-8-19-21(25-9-7-15-3-5-18(29)6-4-15)26-20(27-22(19)28)16-11-17(23)13-24-12-16/h3-6,11-14,29H,7-10H2,1-2H3,(H,25,26,27). The van der Waals surface area contributed by atoms with Crippen molar-refractivity contribution in [2.45, 2.75) is 32.7 Å². The first kappa shape index (κ1) is 19.1. The number of phenols is 1. The lowest BCUT2D eigenvalue weighted by Crippen LogP contribution is -2.29. The van der Waals surface area contributed by atoms with Gasteiger partial charge in [-0.25, -0.2) is 14.4 Å². The number of nitrogens with zero attached hydrogens (tertiary/aromatic N) is 4. The van der Waals surface area contributed by atoms with E-state index in [9.17, 15) is 9.50 Å². The van der Waals surface area contributed by atoms with Crippen LogP contribution in [0.15, 0.2) is 42.7 Å². The van der Waals surface area contributed by atoms with Crippen LogP contribution in [0.3, 0.4) is 0 Å². The normalized spacial score (nSPS) is 13.0. The van der Waals surface area contributed by atoms with E-state index >= 15 is 0 Å². The van der Waals surface area contributed by atoms with Crippen molar-refractivity contribution in [3.8, 4) is 17.1 Å². The second-order valence-electron chi connectivity index (χ2n) is 7.47. The summed E-state index contributed by atoms with van der Waals surface area (Å²) < 4.78 is 13.7. The lowest BCUT2D eigenvalue weighted by atomic mass is 10.1. The van der Waals surface area contributed by atoms with Crippen molar-refractivity contribution in [2.75, 3.05) is 23.3 Å². The molecule has 0 fully saturated rings. The highest BCUT2D eigenvalue weighted by Crippen LogP contribution is 2.34. The minimum Gasteiger partial charge on any atom is -0.508 e. The average molecular weight is 393 g/mol. The summed E-state index contributed by atoms with van der Waals surface area (Å²) in [5, 5.41) is 12.9. The highest BCUT2D eigenvalue weighted by Gasteiger charge is 2.27. The van der Waals surface area contributed by atoms with Gasteiger partial charge in [-0.05, 0) is 50.5 Å². The van der Waals surface area contributed by atoms with Gasteiger partial charge in [-0.3, -0.25) is 4.98 Å². The van der Waals surface area contributed by atoms with E-state index in [0.29, 0.717) is 24.0 Å². The molecule has 4 rings (SSSR count). The Kier molecular flexibility index (Phi) is 5.29. The van der Waals surface area contributed by atoms with Crippen LogP contribution < -0.4 is 10.2 Å². The summed E-state index contributed by atoms with van der Waals surface area (Å²) in [5.41, 5.74) is 2.78. The molecular formula is C22H24FN5O. The van der Waals surface area contributed by atoms with Gasteiger partial charge in [-0.15, -0.1) is 0 Å². The summed E-state index contributed by atoms with van der Waals surface area (Å²) in [4.78, 5) is 15.6. The number of anilines is 2. The smallest absolute Gasteiger partial charge is 0.165 e. The van der Waals surface area contributed by atoms with Gasteiger partial charge in [0.25, 0.3) is 0 Å². The number of nitrogens with one attached hydrogen (secondary N) is 1. The van der Waals surface area contributed by atoms with Crippen LogP contribution in [0.1, 0.15) is 25.0 Å². The van der Waals surface area contributed by atoms with Gasteiger partial charge >= 0.3 is 0 Å². The maximum atomic E-state index is 13.7. The zero-order chi connectivity index (χ0) is 20.4. The number of pyridine rings is 1. The Morgan fingerprint density at radius 1 is 1.17 bits per heavy atom. The molecule has 0 aliphatic carbocycles. The molecule has 29 heavy (non-hydrogen) atoms. The Bertz CT molecular complexity index is 1010. The summed E-state index contributed by atoms with van der Waals surface area (Å²) in [7, 11) is 0. The van der Waals surface area contributed by atoms with Gasteiger partial charge in [0.15, 0.2) is 5.82 Å². The van der Waals surface area contributed by atoms with Gasteiger partial charge in [0.05, 0.1) is 6.20 Å². The Balaban J connectivity index is 1.63. The predicted molar refractivity (Wildman–Crippen MR) is 112 cm³/mol. The number of benzene rings is 1. The molecular weight excluding hydrogens is 369 g/mol. The van der Waals surface area contributed by atoms with Crippen molar-refractivity contribution in [3.05, 3.63) is 59.7 Å². The molecule has 2 aromatic heterocycles. The molecule has 1 aliphatic rings. The van der Waals surface area contributed by atoms with E-state index in [0.717, 1.165) is 42.1 Å². The van der Waals surface area contributed by atoms with Crippen LogP contribution in [0.5, 0.6) is 5.75 Å². The van der Waals surface area contributed by atoms with Crippen LogP contribution in [0.25, 0.3) is 11.4 Å². The van der Waals surface area contributed by atoms with Gasteiger partial charge in [-0.2, -0.15) is 0 Å². The number of phenolic OH excluding ortho intramolecular Hbond substituents is 1. The molecule has 0 saturated heterocycles. The van der Waals surface area contributed by atoms with Crippen LogP contribution in [0, 0.1) is 5.82 Å². The first-order valence-electron chi connectivity index (χ1n) is 9.81. The fourth-order valence-corrected chi connectivity index (χ4v) is 3.58. The molecule has 0 unspecified atom stereocenters. The Morgan fingerprint density at radius 2 is 1.97 bits per heavy atom. The molecule has 7 heteroatoms. The minimum absolute atomic E-state index is 0.262. The van der Waals surface area contributed by atoms with E-state index in [1.807, 2.05) is 12.1 Å². The minimum atomic E-state index is -0.408. The van der Waals surface area contributed by atoms with Crippen LogP contribution in [0.2, 0.25) is 0 Å².